The van der Waals surface area contributed by atoms with E-state index in [0.717, 1.165) is 60.9 Å². The van der Waals surface area contributed by atoms with Gasteiger partial charge in [-0.25, -0.2) is 9.97 Å². The maximum Gasteiger partial charge on any atom is 0.226 e. The van der Waals surface area contributed by atoms with Crippen molar-refractivity contribution in [3.8, 4) is 45.5 Å². The van der Waals surface area contributed by atoms with Crippen molar-refractivity contribution < 1.29 is 18.9 Å². The third kappa shape index (κ3) is 6.57. The van der Waals surface area contributed by atoms with Crippen LogP contribution in [0.2, 0.25) is 0 Å². The number of rotatable bonds is 14. The van der Waals surface area contributed by atoms with E-state index in [1.807, 2.05) is 42.5 Å². The lowest BCUT2D eigenvalue weighted by Crippen LogP contribution is -2.24. The quantitative estimate of drug-likeness (QED) is 0.312. The summed E-state index contributed by atoms with van der Waals surface area (Å²) in [6.07, 6.45) is 1.11. The Morgan fingerprint density at radius 3 is 2.00 bits per heavy atom. The fourth-order valence-corrected chi connectivity index (χ4v) is 3.86. The topological polar surface area (TPSA) is 78.0 Å². The van der Waals surface area contributed by atoms with E-state index in [-0.39, 0.29) is 0 Å². The Morgan fingerprint density at radius 2 is 1.39 bits per heavy atom. The number of hydrogen-bond acceptors (Lipinski definition) is 8. The summed E-state index contributed by atoms with van der Waals surface area (Å²) in [6.45, 7) is 10.4. The van der Waals surface area contributed by atoms with E-state index >= 15 is 0 Å². The molecule has 0 radical (unpaired) electrons. The van der Waals surface area contributed by atoms with Crippen molar-refractivity contribution in [2.45, 2.75) is 27.2 Å². The van der Waals surface area contributed by atoms with E-state index in [0.29, 0.717) is 29.8 Å². The molecule has 1 heterocycles. The number of hydrogen-bond donors (Lipinski definition) is 1. The molecule has 0 saturated heterocycles. The third-order valence-electron chi connectivity index (χ3n) is 5.87. The van der Waals surface area contributed by atoms with Crippen LogP contribution in [0.25, 0.3) is 22.5 Å². The van der Waals surface area contributed by atoms with Crippen LogP contribution in [0.15, 0.2) is 42.5 Å². The summed E-state index contributed by atoms with van der Waals surface area (Å²) in [6, 6.07) is 13.7. The second-order valence-corrected chi connectivity index (χ2v) is 8.14. The maximum absolute atomic E-state index is 5.87. The molecule has 194 valence electrons. The van der Waals surface area contributed by atoms with Crippen molar-refractivity contribution in [3.05, 3.63) is 42.5 Å². The van der Waals surface area contributed by atoms with E-state index < -0.39 is 0 Å². The molecule has 1 aromatic heterocycles. The zero-order valence-corrected chi connectivity index (χ0v) is 22.3. The van der Waals surface area contributed by atoms with E-state index in [9.17, 15) is 0 Å². The first kappa shape index (κ1) is 27.1. The maximum atomic E-state index is 5.87. The number of ether oxygens (including phenoxy) is 4. The molecule has 3 rings (SSSR count). The van der Waals surface area contributed by atoms with Gasteiger partial charge >= 0.3 is 0 Å². The van der Waals surface area contributed by atoms with Crippen LogP contribution in [0.3, 0.4) is 0 Å². The van der Waals surface area contributed by atoms with Crippen LogP contribution in [0.1, 0.15) is 27.2 Å². The Bertz CT molecular complexity index is 1100. The highest BCUT2D eigenvalue weighted by Gasteiger charge is 2.18. The van der Waals surface area contributed by atoms with Gasteiger partial charge in [-0.1, -0.05) is 6.92 Å². The third-order valence-corrected chi connectivity index (χ3v) is 5.87. The van der Waals surface area contributed by atoms with Crippen LogP contribution in [-0.4, -0.2) is 64.1 Å². The number of anilines is 1. The Morgan fingerprint density at radius 1 is 0.750 bits per heavy atom. The van der Waals surface area contributed by atoms with E-state index in [4.69, 9.17) is 28.9 Å². The minimum atomic E-state index is 0.594. The largest absolute Gasteiger partial charge is 0.496 e. The molecule has 1 N–H and O–H groups in total. The molecule has 0 spiro atoms. The zero-order valence-electron chi connectivity index (χ0n) is 22.3. The summed E-state index contributed by atoms with van der Waals surface area (Å²) in [5, 5.41) is 3.34. The molecule has 8 nitrogen and oxygen atoms in total. The van der Waals surface area contributed by atoms with Crippen LogP contribution in [-0.2, 0) is 0 Å². The highest BCUT2D eigenvalue weighted by Crippen LogP contribution is 2.40. The minimum Gasteiger partial charge on any atom is -0.496 e. The van der Waals surface area contributed by atoms with Crippen molar-refractivity contribution in [3.63, 3.8) is 0 Å². The van der Waals surface area contributed by atoms with Gasteiger partial charge in [-0.15, -0.1) is 0 Å². The molecule has 2 aromatic carbocycles. The van der Waals surface area contributed by atoms with Gasteiger partial charge in [0.25, 0.3) is 0 Å². The molecule has 36 heavy (non-hydrogen) atoms. The molecular formula is C28H38N4O4. The molecule has 0 amide bonds. The first-order chi connectivity index (χ1) is 17.6. The summed E-state index contributed by atoms with van der Waals surface area (Å²) >= 11 is 0. The van der Waals surface area contributed by atoms with Crippen LogP contribution >= 0.6 is 0 Å². The Kier molecular flexibility index (Phi) is 10.2. The fourth-order valence-electron chi connectivity index (χ4n) is 3.86. The average Bonchev–Trinajstić information content (AvgIpc) is 2.93. The first-order valence-electron chi connectivity index (χ1n) is 12.5. The van der Waals surface area contributed by atoms with Crippen molar-refractivity contribution >= 4 is 5.95 Å². The van der Waals surface area contributed by atoms with Gasteiger partial charge in [-0.3, -0.25) is 0 Å². The SMILES string of the molecule is CCCNCCOc1ccc(-c2cc(-c3cc(OC)c(OC)cc3OC)nc(N(CC)CC)n2)cc1. The minimum absolute atomic E-state index is 0.594. The van der Waals surface area contributed by atoms with Gasteiger partial charge in [0.2, 0.25) is 5.95 Å². The standard InChI is InChI=1S/C28H38N4O4/c1-7-14-29-15-16-36-21-12-10-20(11-13-21)23-18-24(31-28(30-23)32(8-2)9-3)22-17-26(34-5)27(35-6)19-25(22)33-4/h10-13,17-19,29H,7-9,14-16H2,1-6H3. The molecule has 8 heteroatoms. The summed E-state index contributed by atoms with van der Waals surface area (Å²) in [4.78, 5) is 11.9. The van der Waals surface area contributed by atoms with Gasteiger partial charge in [0.15, 0.2) is 11.5 Å². The number of nitrogens with one attached hydrogen (secondary N) is 1. The number of benzene rings is 2. The van der Waals surface area contributed by atoms with Gasteiger partial charge in [0.1, 0.15) is 18.1 Å². The summed E-state index contributed by atoms with van der Waals surface area (Å²) in [7, 11) is 4.85. The van der Waals surface area contributed by atoms with Gasteiger partial charge in [-0.2, -0.15) is 0 Å². The Labute approximate surface area is 214 Å². The molecule has 0 bridgehead atoms. The Hall–Kier alpha value is -3.52. The predicted molar refractivity (Wildman–Crippen MR) is 145 cm³/mol. The highest BCUT2D eigenvalue weighted by molar-refractivity contribution is 5.76. The van der Waals surface area contributed by atoms with Gasteiger partial charge in [-0.05, 0) is 63.2 Å². The normalized spacial score (nSPS) is 10.7. The lowest BCUT2D eigenvalue weighted by atomic mass is 10.1. The number of aromatic nitrogens is 2. The molecular weight excluding hydrogens is 456 g/mol. The fraction of sp³-hybridized carbons (Fsp3) is 0.429. The van der Waals surface area contributed by atoms with Gasteiger partial charge in [0, 0.05) is 36.8 Å². The van der Waals surface area contributed by atoms with E-state index in [2.05, 4.69) is 31.0 Å². The highest BCUT2D eigenvalue weighted by atomic mass is 16.5. The molecule has 0 unspecified atom stereocenters. The predicted octanol–water partition coefficient (Wildman–Crippen LogP) is 5.06. The summed E-state index contributed by atoms with van der Waals surface area (Å²) in [5.41, 5.74) is 3.33. The molecule has 0 aliphatic heterocycles. The van der Waals surface area contributed by atoms with Crippen LogP contribution < -0.4 is 29.2 Å². The smallest absolute Gasteiger partial charge is 0.226 e. The summed E-state index contributed by atoms with van der Waals surface area (Å²) in [5.74, 6) is 3.33. The second-order valence-electron chi connectivity index (χ2n) is 8.14. The molecule has 0 saturated carbocycles. The lowest BCUT2D eigenvalue weighted by Gasteiger charge is -2.21. The van der Waals surface area contributed by atoms with E-state index in [1.165, 1.54) is 0 Å². The number of nitrogens with zero attached hydrogens (tertiary/aromatic N) is 3. The van der Waals surface area contributed by atoms with Crippen molar-refractivity contribution in [2.24, 2.45) is 0 Å². The second kappa shape index (κ2) is 13.5. The molecule has 3 aromatic rings. The molecule has 0 aliphatic rings. The zero-order chi connectivity index (χ0) is 25.9. The number of methoxy groups -OCH3 is 3. The van der Waals surface area contributed by atoms with Crippen molar-refractivity contribution in [1.29, 1.82) is 0 Å². The van der Waals surface area contributed by atoms with Crippen LogP contribution in [0.5, 0.6) is 23.0 Å². The first-order valence-corrected chi connectivity index (χ1v) is 12.5. The van der Waals surface area contributed by atoms with Crippen LogP contribution in [0, 0.1) is 0 Å². The molecule has 0 atom stereocenters. The summed E-state index contributed by atoms with van der Waals surface area (Å²) < 4.78 is 22.6. The van der Waals surface area contributed by atoms with Crippen molar-refractivity contribution in [2.75, 3.05) is 59.0 Å². The monoisotopic (exact) mass is 494 g/mol. The molecule has 0 fully saturated rings. The van der Waals surface area contributed by atoms with Gasteiger partial charge < -0.3 is 29.2 Å². The van der Waals surface area contributed by atoms with Crippen LogP contribution in [0.4, 0.5) is 5.95 Å². The Balaban J connectivity index is 2.00. The lowest BCUT2D eigenvalue weighted by molar-refractivity contribution is 0.314. The van der Waals surface area contributed by atoms with Gasteiger partial charge in [0.05, 0.1) is 32.7 Å². The van der Waals surface area contributed by atoms with E-state index in [1.54, 1.807) is 21.3 Å². The van der Waals surface area contributed by atoms with Crippen molar-refractivity contribution in [1.82, 2.24) is 15.3 Å². The average molecular weight is 495 g/mol. The molecule has 0 aliphatic carbocycles.